The molecule has 1 amide bonds. The Morgan fingerprint density at radius 1 is 1.57 bits per heavy atom. The molecule has 1 rings (SSSR count). The van der Waals surface area contributed by atoms with Gasteiger partial charge >= 0.3 is 12.1 Å². The van der Waals surface area contributed by atoms with Crippen LogP contribution in [0.25, 0.3) is 1.43 Å². The van der Waals surface area contributed by atoms with E-state index in [1.165, 1.54) is 0 Å². The van der Waals surface area contributed by atoms with Gasteiger partial charge in [-0.2, -0.15) is 0 Å². The maximum Gasteiger partial charge on any atom is 0.407 e. The van der Waals surface area contributed by atoms with Crippen molar-refractivity contribution in [3.63, 3.8) is 0 Å². The van der Waals surface area contributed by atoms with E-state index in [1.54, 1.807) is 0 Å². The molecule has 2 N–H and O–H groups in total. The molecule has 1 fully saturated rings. The molecule has 1 aliphatic heterocycles. The van der Waals surface area contributed by atoms with Crippen molar-refractivity contribution >= 4 is 12.1 Å². The average molecular weight is 210 g/mol. The van der Waals surface area contributed by atoms with E-state index in [0.717, 1.165) is 0 Å². The van der Waals surface area contributed by atoms with Gasteiger partial charge in [-0.15, -0.1) is 0 Å². The molecule has 7 heteroatoms. The number of carboxylic acid groups (broad SMARTS) is 2. The van der Waals surface area contributed by atoms with Crippen molar-refractivity contribution in [2.45, 2.75) is 12.3 Å². The molecular formula is C7H9F2NO4. The van der Waals surface area contributed by atoms with Gasteiger partial charge in [0.2, 0.25) is 0 Å². The van der Waals surface area contributed by atoms with Gasteiger partial charge in [-0.1, -0.05) is 0 Å². The van der Waals surface area contributed by atoms with Gasteiger partial charge in [0.1, 0.15) is 0 Å². The van der Waals surface area contributed by atoms with Crippen molar-refractivity contribution in [1.82, 2.24) is 4.90 Å². The molecule has 1 heterocycles. The molecule has 0 aromatic rings. The van der Waals surface area contributed by atoms with Gasteiger partial charge in [-0.25, -0.2) is 13.6 Å². The number of piperidine rings is 1. The highest BCUT2D eigenvalue weighted by molar-refractivity contribution is 5.72. The van der Waals surface area contributed by atoms with E-state index >= 15 is 0 Å². The molecule has 5 nitrogen and oxygen atoms in total. The summed E-state index contributed by atoms with van der Waals surface area (Å²) in [4.78, 5) is 21.8. The summed E-state index contributed by atoms with van der Waals surface area (Å²) < 4.78 is 32.3. The van der Waals surface area contributed by atoms with Crippen LogP contribution < -0.4 is 0 Å². The van der Waals surface area contributed by atoms with Gasteiger partial charge in [0.25, 0.3) is 7.35 Å². The highest BCUT2D eigenvalue weighted by Gasteiger charge is 2.44. The Morgan fingerprint density at radius 2 is 2.21 bits per heavy atom. The molecule has 0 saturated carbocycles. The first-order valence-electron chi connectivity index (χ1n) is 4.29. The van der Waals surface area contributed by atoms with E-state index in [4.69, 9.17) is 6.54 Å². The van der Waals surface area contributed by atoms with Crippen LogP contribution in [0.4, 0.5) is 13.6 Å². The smallest absolute Gasteiger partial charge is 0.407 e. The summed E-state index contributed by atoms with van der Waals surface area (Å²) in [5.74, 6) is -5.67. The molecule has 1 aliphatic rings. The maximum absolute atomic E-state index is 13.0. The summed E-state index contributed by atoms with van der Waals surface area (Å²) in [6.45, 7) is -1.28. The molecule has 0 aliphatic carbocycles. The van der Waals surface area contributed by atoms with Crippen LogP contribution in [-0.2, 0) is 4.79 Å². The van der Waals surface area contributed by atoms with Gasteiger partial charge in [-0.05, 0) is 0 Å². The third-order valence-electron chi connectivity index (χ3n) is 2.01. The zero-order valence-electron chi connectivity index (χ0n) is 8.07. The fraction of sp³-hybridized carbons (Fsp3) is 0.714. The first-order valence-corrected chi connectivity index (χ1v) is 3.88. The second-order valence-electron chi connectivity index (χ2n) is 3.24. The number of alkyl halides is 2. The van der Waals surface area contributed by atoms with E-state index in [2.05, 4.69) is 5.11 Å². The van der Waals surface area contributed by atoms with Crippen molar-refractivity contribution in [3.05, 3.63) is 0 Å². The van der Waals surface area contributed by atoms with Gasteiger partial charge in [0.05, 0.1) is 12.5 Å². The van der Waals surface area contributed by atoms with Gasteiger partial charge in [-0.3, -0.25) is 4.79 Å². The Labute approximate surface area is 79.4 Å². The Hall–Kier alpha value is -1.40. The number of carboxylic acids is 1. The standard InChI is InChI=1S/C7H9F2NO4/c8-7(9)1-4(5(11)12)2-10(3-7)6(13)14/h4H,1-3H2,(H,11,12)(H,13,14)/i/hD. The van der Waals surface area contributed by atoms with Crippen LogP contribution in [-0.4, -0.2) is 46.2 Å². The minimum absolute atomic E-state index is 0.358. The molecule has 1 atom stereocenters. The fourth-order valence-corrected chi connectivity index (χ4v) is 1.40. The van der Waals surface area contributed by atoms with E-state index in [0.29, 0.717) is 4.90 Å². The van der Waals surface area contributed by atoms with Crippen LogP contribution in [0.3, 0.4) is 0 Å². The summed E-state index contributed by atoms with van der Waals surface area (Å²) in [6, 6.07) is 0. The Kier molecular flexibility index (Phi) is 2.22. The third-order valence-corrected chi connectivity index (χ3v) is 2.01. The number of rotatable bonds is 1. The summed E-state index contributed by atoms with van der Waals surface area (Å²) in [7, 11) is 0. The minimum Gasteiger partial charge on any atom is -0.481 e. The van der Waals surface area contributed by atoms with Crippen molar-refractivity contribution in [1.29, 1.82) is 1.43 Å². The van der Waals surface area contributed by atoms with Crippen LogP contribution >= 0.6 is 0 Å². The van der Waals surface area contributed by atoms with E-state index < -0.39 is 36.9 Å². The number of amides is 1. The largest absolute Gasteiger partial charge is 0.481 e. The summed E-state index contributed by atoms with van der Waals surface area (Å²) >= 11 is 0. The molecule has 1 saturated heterocycles. The molecule has 1 unspecified atom stereocenters. The Bertz CT molecular complexity index is 286. The molecule has 0 bridgehead atoms. The lowest BCUT2D eigenvalue weighted by molar-refractivity contribution is -0.151. The number of halogens is 2. The van der Waals surface area contributed by atoms with Crippen LogP contribution in [0.2, 0.25) is 0 Å². The fourth-order valence-electron chi connectivity index (χ4n) is 1.40. The maximum atomic E-state index is 13.0. The number of carbonyl (C=O) groups is 2. The number of aliphatic carboxylic acids is 1. The molecular weight excluding hydrogens is 200 g/mol. The Morgan fingerprint density at radius 3 is 2.71 bits per heavy atom. The van der Waals surface area contributed by atoms with Crippen molar-refractivity contribution in [2.75, 3.05) is 13.1 Å². The van der Waals surface area contributed by atoms with Gasteiger partial charge < -0.3 is 15.1 Å². The first kappa shape index (κ1) is 9.17. The normalized spacial score (nSPS) is 26.6. The highest BCUT2D eigenvalue weighted by Crippen LogP contribution is 2.30. The first-order chi connectivity index (χ1) is 6.85. The molecule has 0 aromatic carbocycles. The lowest BCUT2D eigenvalue weighted by Crippen LogP contribution is -2.50. The van der Waals surface area contributed by atoms with Crippen LogP contribution in [0, 0.1) is 5.92 Å². The van der Waals surface area contributed by atoms with Crippen molar-refractivity contribution in [2.24, 2.45) is 5.92 Å². The van der Waals surface area contributed by atoms with E-state index in [9.17, 15) is 18.4 Å². The minimum atomic E-state index is -3.25. The molecule has 0 spiro atoms. The molecule has 80 valence electrons. The van der Waals surface area contributed by atoms with Crippen molar-refractivity contribution in [3.8, 4) is 0 Å². The molecule has 0 radical (unpaired) electrons. The summed E-state index contributed by atoms with van der Waals surface area (Å²) in [6.07, 6.45) is -2.30. The highest BCUT2D eigenvalue weighted by atomic mass is 19.3. The van der Waals surface area contributed by atoms with Crippen molar-refractivity contribution < 1.29 is 28.6 Å². The quantitative estimate of drug-likeness (QED) is 0.668. The van der Waals surface area contributed by atoms with Crippen LogP contribution in [0.15, 0.2) is 0 Å². The topological polar surface area (TPSA) is 77.8 Å². The number of hydrogen-bond donors (Lipinski definition) is 2. The predicted octanol–water partition coefficient (Wildman–Crippen LogP) is 0.706. The van der Waals surface area contributed by atoms with Gasteiger partial charge in [0.15, 0.2) is 0 Å². The lowest BCUT2D eigenvalue weighted by Gasteiger charge is -2.33. The second-order valence-corrected chi connectivity index (χ2v) is 3.24. The number of nitrogens with zero attached hydrogens (tertiary/aromatic N) is 1. The lowest BCUT2D eigenvalue weighted by atomic mass is 9.96. The second kappa shape index (κ2) is 3.39. The third kappa shape index (κ3) is 2.30. The zero-order chi connectivity index (χ0) is 11.6. The zero-order valence-corrected chi connectivity index (χ0v) is 7.07. The van der Waals surface area contributed by atoms with E-state index in [-0.39, 0.29) is 6.54 Å². The van der Waals surface area contributed by atoms with Crippen LogP contribution in [0.5, 0.6) is 0 Å². The van der Waals surface area contributed by atoms with E-state index in [1.807, 2.05) is 0 Å². The monoisotopic (exact) mass is 210 g/mol. The Balaban J connectivity index is 2.76. The average Bonchev–Trinajstić information content (AvgIpc) is 2.14. The number of likely N-dealkylation sites (tertiary alicyclic amines) is 1. The SMILES string of the molecule is [2H]OC(=O)C1CN(C(=O)O)CC(F)(F)C1. The summed E-state index contributed by atoms with van der Waals surface area (Å²) in [5, 5.41) is 12.1. The summed E-state index contributed by atoms with van der Waals surface area (Å²) in [5.41, 5.74) is 0. The number of hydrogen-bond acceptors (Lipinski definition) is 3. The predicted molar refractivity (Wildman–Crippen MR) is 40.3 cm³/mol. The molecule has 0 aromatic heterocycles. The van der Waals surface area contributed by atoms with Gasteiger partial charge in [0, 0.05) is 13.0 Å². The van der Waals surface area contributed by atoms with Crippen LogP contribution in [0.1, 0.15) is 6.42 Å². The molecule has 14 heavy (non-hydrogen) atoms.